The Morgan fingerprint density at radius 1 is 1.17 bits per heavy atom. The lowest BCUT2D eigenvalue weighted by atomic mass is 9.94. The molecule has 9 heteroatoms. The number of carbonyl (C=O) groups is 3. The second-order valence-electron chi connectivity index (χ2n) is 10.4. The number of likely N-dealkylation sites (N-methyl/N-ethyl adjacent to an activating group) is 1. The first-order chi connectivity index (χ1) is 17.1. The van der Waals surface area contributed by atoms with Crippen molar-refractivity contribution in [2.24, 2.45) is 11.8 Å². The minimum atomic E-state index is -0.700. The van der Waals surface area contributed by atoms with E-state index in [0.29, 0.717) is 12.5 Å². The lowest BCUT2D eigenvalue weighted by Crippen LogP contribution is -2.76. The molecule has 1 aliphatic carbocycles. The fourth-order valence-corrected chi connectivity index (χ4v) is 5.25. The number of piperazine rings is 1. The van der Waals surface area contributed by atoms with Gasteiger partial charge in [-0.1, -0.05) is 51.1 Å². The number of allylic oxidation sites excluding steroid dienone is 2. The topological polar surface area (TPSA) is 76.2 Å². The van der Waals surface area contributed by atoms with Crippen LogP contribution in [0.5, 0.6) is 0 Å². The number of hydrogen-bond donors (Lipinski definition) is 1. The van der Waals surface area contributed by atoms with Crippen LogP contribution in [0.25, 0.3) is 0 Å². The Kier molecular flexibility index (Phi) is 7.49. The predicted molar refractivity (Wildman–Crippen MR) is 135 cm³/mol. The summed E-state index contributed by atoms with van der Waals surface area (Å²) in [6, 6.07) is 4.71. The molecule has 0 saturated carbocycles. The molecule has 4 atom stereocenters. The van der Waals surface area contributed by atoms with Gasteiger partial charge in [-0.2, -0.15) is 0 Å². The van der Waals surface area contributed by atoms with E-state index in [1.54, 1.807) is 39.0 Å². The van der Waals surface area contributed by atoms with Crippen molar-refractivity contribution in [2.75, 3.05) is 26.7 Å². The van der Waals surface area contributed by atoms with E-state index < -0.39 is 12.2 Å². The minimum absolute atomic E-state index is 0.00799. The molecule has 0 bridgehead atoms. The van der Waals surface area contributed by atoms with Gasteiger partial charge in [0.2, 0.25) is 11.8 Å². The number of carbonyl (C=O) groups excluding carboxylic acids is 3. The maximum Gasteiger partial charge on any atom is 0.334 e. The van der Waals surface area contributed by atoms with Crippen LogP contribution < -0.4 is 5.32 Å². The number of rotatable bonds is 5. The van der Waals surface area contributed by atoms with Crippen molar-refractivity contribution in [3.8, 4) is 0 Å². The van der Waals surface area contributed by atoms with E-state index in [-0.39, 0.29) is 48.7 Å². The number of urea groups is 1. The molecule has 194 valence electrons. The molecule has 1 aromatic rings. The Morgan fingerprint density at radius 3 is 2.47 bits per heavy atom. The zero-order valence-corrected chi connectivity index (χ0v) is 21.6. The number of nitrogens with one attached hydrogen (secondary N) is 1. The molecule has 1 N–H and O–H groups in total. The number of amides is 4. The Hall–Kier alpha value is -3.20. The number of halogens is 1. The van der Waals surface area contributed by atoms with Gasteiger partial charge in [-0.05, 0) is 48.4 Å². The quantitative estimate of drug-likeness (QED) is 0.677. The van der Waals surface area contributed by atoms with E-state index in [0.717, 1.165) is 17.6 Å². The summed E-state index contributed by atoms with van der Waals surface area (Å²) in [4.78, 5) is 43.6. The molecule has 36 heavy (non-hydrogen) atoms. The van der Waals surface area contributed by atoms with E-state index in [9.17, 15) is 18.8 Å². The normalized spacial score (nSPS) is 25.7. The van der Waals surface area contributed by atoms with Gasteiger partial charge in [0, 0.05) is 13.6 Å². The lowest BCUT2D eigenvalue weighted by molar-refractivity contribution is -0.192. The zero-order valence-electron chi connectivity index (χ0n) is 21.6. The van der Waals surface area contributed by atoms with E-state index >= 15 is 0 Å². The predicted octanol–water partition coefficient (Wildman–Crippen LogP) is 3.30. The molecular formula is C27H36FN5O3. The molecule has 2 unspecified atom stereocenters. The Labute approximate surface area is 212 Å². The molecule has 2 saturated heterocycles. The Bertz CT molecular complexity index is 1070. The largest absolute Gasteiger partial charge is 0.334 e. The average molecular weight is 498 g/mol. The third-order valence-corrected chi connectivity index (χ3v) is 7.31. The van der Waals surface area contributed by atoms with Crippen molar-refractivity contribution in [2.45, 2.75) is 52.4 Å². The van der Waals surface area contributed by atoms with Crippen molar-refractivity contribution in [1.82, 2.24) is 25.1 Å². The Balaban J connectivity index is 1.61. The number of hydrazine groups is 1. The molecule has 4 amide bonds. The molecule has 1 aromatic carbocycles. The average Bonchev–Trinajstić information content (AvgIpc) is 2.83. The van der Waals surface area contributed by atoms with Crippen LogP contribution in [0.15, 0.2) is 48.1 Å². The highest BCUT2D eigenvalue weighted by molar-refractivity contribution is 5.91. The van der Waals surface area contributed by atoms with Crippen molar-refractivity contribution < 1.29 is 18.8 Å². The third kappa shape index (κ3) is 5.02. The monoisotopic (exact) mass is 497 g/mol. The van der Waals surface area contributed by atoms with Crippen LogP contribution in [0.4, 0.5) is 9.18 Å². The standard InChI is InChI=1S/C27H36FN5O3/c1-17(2)25-26(35)31(19(4)21-10-12-22(28)13-11-21)15-23-32(25)24(34)16-30(5)33(23)27(36)29-14-20-8-6-18(3)7-9-20/h6,8-13,17-19,23,25H,7,14-16H2,1-5H3,(H,29,36)/t18?,19?,23-,25-/m0/s1. The molecule has 2 heterocycles. The molecule has 8 nitrogen and oxygen atoms in total. The molecule has 0 aromatic heterocycles. The van der Waals surface area contributed by atoms with Crippen molar-refractivity contribution in [1.29, 1.82) is 0 Å². The summed E-state index contributed by atoms with van der Waals surface area (Å²) in [5.41, 5.74) is 1.83. The van der Waals surface area contributed by atoms with Gasteiger partial charge in [0.15, 0.2) is 0 Å². The van der Waals surface area contributed by atoms with Gasteiger partial charge in [-0.3, -0.25) is 9.59 Å². The summed E-state index contributed by atoms with van der Waals surface area (Å²) in [6.07, 6.45) is 6.57. The van der Waals surface area contributed by atoms with Crippen LogP contribution in [0, 0.1) is 17.7 Å². The zero-order chi connectivity index (χ0) is 26.1. The maximum atomic E-state index is 13.7. The van der Waals surface area contributed by atoms with Gasteiger partial charge >= 0.3 is 6.03 Å². The number of benzene rings is 1. The first-order valence-electron chi connectivity index (χ1n) is 12.6. The van der Waals surface area contributed by atoms with Crippen LogP contribution in [-0.2, 0) is 9.59 Å². The lowest BCUT2D eigenvalue weighted by Gasteiger charge is -2.56. The third-order valence-electron chi connectivity index (χ3n) is 7.31. The van der Waals surface area contributed by atoms with Crippen molar-refractivity contribution >= 4 is 17.8 Å². The summed E-state index contributed by atoms with van der Waals surface area (Å²) in [6.45, 7) is 8.40. The Morgan fingerprint density at radius 2 is 1.86 bits per heavy atom. The molecule has 2 aliphatic heterocycles. The SMILES string of the molecule is CC1C=CC(CNC(=O)N2[C@H]3CN(C(C)c4ccc(F)cc4)C(=O)[C@H](C(C)C)N3C(=O)CN2C)=CC1. The van der Waals surface area contributed by atoms with E-state index in [1.807, 2.05) is 26.8 Å². The van der Waals surface area contributed by atoms with Gasteiger partial charge in [-0.15, -0.1) is 0 Å². The fraction of sp³-hybridized carbons (Fsp3) is 0.519. The second kappa shape index (κ2) is 10.4. The molecule has 0 spiro atoms. The number of hydrogen-bond acceptors (Lipinski definition) is 4. The van der Waals surface area contributed by atoms with E-state index in [1.165, 1.54) is 12.1 Å². The highest BCUT2D eigenvalue weighted by Crippen LogP contribution is 2.33. The first kappa shape index (κ1) is 25.9. The van der Waals surface area contributed by atoms with Crippen LogP contribution in [0.1, 0.15) is 45.7 Å². The van der Waals surface area contributed by atoms with E-state index in [4.69, 9.17) is 0 Å². The van der Waals surface area contributed by atoms with Gasteiger partial charge < -0.3 is 15.1 Å². The summed E-state index contributed by atoms with van der Waals surface area (Å²) < 4.78 is 13.5. The molecule has 0 radical (unpaired) electrons. The maximum absolute atomic E-state index is 13.7. The van der Waals surface area contributed by atoms with Gasteiger partial charge in [0.25, 0.3) is 0 Å². The molecule has 4 rings (SSSR count). The summed E-state index contributed by atoms with van der Waals surface area (Å²) in [7, 11) is 1.71. The van der Waals surface area contributed by atoms with Crippen LogP contribution in [0.3, 0.4) is 0 Å². The highest BCUT2D eigenvalue weighted by Gasteiger charge is 2.52. The van der Waals surface area contributed by atoms with Crippen molar-refractivity contribution in [3.05, 3.63) is 59.4 Å². The molecule has 2 fully saturated rings. The number of fused-ring (bicyclic) bond motifs is 1. The fourth-order valence-electron chi connectivity index (χ4n) is 5.25. The van der Waals surface area contributed by atoms with Crippen LogP contribution in [-0.4, -0.2) is 76.6 Å². The molecular weight excluding hydrogens is 461 g/mol. The van der Waals surface area contributed by atoms with Crippen LogP contribution in [0.2, 0.25) is 0 Å². The first-order valence-corrected chi connectivity index (χ1v) is 12.6. The number of nitrogens with zero attached hydrogens (tertiary/aromatic N) is 4. The van der Waals surface area contributed by atoms with Gasteiger partial charge in [0.1, 0.15) is 18.0 Å². The summed E-state index contributed by atoms with van der Waals surface area (Å²) in [5.74, 6) is -0.358. The smallest absolute Gasteiger partial charge is 0.333 e. The van der Waals surface area contributed by atoms with Crippen molar-refractivity contribution in [3.63, 3.8) is 0 Å². The summed E-state index contributed by atoms with van der Waals surface area (Å²) >= 11 is 0. The highest BCUT2D eigenvalue weighted by atomic mass is 19.1. The summed E-state index contributed by atoms with van der Waals surface area (Å²) in [5, 5.41) is 6.18. The van der Waals surface area contributed by atoms with E-state index in [2.05, 4.69) is 24.4 Å². The molecule has 3 aliphatic rings. The van der Waals surface area contributed by atoms with Gasteiger partial charge in [0.05, 0.1) is 19.1 Å². The minimum Gasteiger partial charge on any atom is -0.333 e. The van der Waals surface area contributed by atoms with Gasteiger partial charge in [-0.25, -0.2) is 19.2 Å². The second-order valence-corrected chi connectivity index (χ2v) is 10.4. The van der Waals surface area contributed by atoms with Crippen LogP contribution >= 0.6 is 0 Å².